The van der Waals surface area contributed by atoms with E-state index in [0.29, 0.717) is 24.8 Å². The van der Waals surface area contributed by atoms with Gasteiger partial charge in [-0.05, 0) is 30.2 Å². The number of phenols is 1. The van der Waals surface area contributed by atoms with Crippen LogP contribution in [-0.2, 0) is 4.79 Å². The number of hydrogen-bond acceptors (Lipinski definition) is 8. The summed E-state index contributed by atoms with van der Waals surface area (Å²) in [5.74, 6) is 1.34. The fourth-order valence-corrected chi connectivity index (χ4v) is 4.38. The lowest BCUT2D eigenvalue weighted by Gasteiger charge is -2.36. The Morgan fingerprint density at radius 3 is 2.59 bits per heavy atom. The first kappa shape index (κ1) is 19.8. The molecule has 0 radical (unpaired) electrons. The van der Waals surface area contributed by atoms with Gasteiger partial charge in [-0.2, -0.15) is 0 Å². The lowest BCUT2D eigenvalue weighted by Crippen LogP contribution is -2.49. The molecule has 1 aromatic carbocycles. The first-order chi connectivity index (χ1) is 13.0. The van der Waals surface area contributed by atoms with Gasteiger partial charge in [0.25, 0.3) is 0 Å². The Balaban J connectivity index is 1.42. The SMILES string of the molecule is CC(C)CNc1nnc(SCC(=O)N2CCN(c3ccc(O)cc3)CC2)s1. The Bertz CT molecular complexity index is 742. The molecule has 1 aromatic heterocycles. The number of nitrogens with zero attached hydrogens (tertiary/aromatic N) is 4. The summed E-state index contributed by atoms with van der Waals surface area (Å²) in [6, 6.07) is 7.19. The number of phenolic OH excluding ortho intramolecular Hbond substituents is 1. The van der Waals surface area contributed by atoms with Gasteiger partial charge in [-0.15, -0.1) is 10.2 Å². The van der Waals surface area contributed by atoms with Crippen molar-refractivity contribution in [2.45, 2.75) is 18.2 Å². The summed E-state index contributed by atoms with van der Waals surface area (Å²) in [4.78, 5) is 16.6. The van der Waals surface area contributed by atoms with Crippen LogP contribution in [0.5, 0.6) is 5.75 Å². The van der Waals surface area contributed by atoms with Crippen molar-refractivity contribution in [3.8, 4) is 5.75 Å². The summed E-state index contributed by atoms with van der Waals surface area (Å²) < 4.78 is 0.817. The quantitative estimate of drug-likeness (QED) is 0.683. The molecule has 2 heterocycles. The normalized spacial score (nSPS) is 14.6. The van der Waals surface area contributed by atoms with Gasteiger partial charge in [0.15, 0.2) is 4.34 Å². The van der Waals surface area contributed by atoms with Crippen LogP contribution in [0.4, 0.5) is 10.8 Å². The predicted octanol–water partition coefficient (Wildman–Crippen LogP) is 2.75. The molecule has 0 saturated carbocycles. The van der Waals surface area contributed by atoms with E-state index in [9.17, 15) is 9.90 Å². The van der Waals surface area contributed by atoms with Crippen molar-refractivity contribution in [1.82, 2.24) is 15.1 Å². The minimum Gasteiger partial charge on any atom is -0.508 e. The number of aromatic hydroxyl groups is 1. The van der Waals surface area contributed by atoms with Crippen LogP contribution >= 0.6 is 23.1 Å². The Morgan fingerprint density at radius 2 is 1.93 bits per heavy atom. The fourth-order valence-electron chi connectivity index (χ4n) is 2.72. The lowest BCUT2D eigenvalue weighted by atomic mass is 10.2. The predicted molar refractivity (Wildman–Crippen MR) is 111 cm³/mol. The number of benzene rings is 1. The molecular formula is C18H25N5O2S2. The van der Waals surface area contributed by atoms with Crippen molar-refractivity contribution in [1.29, 1.82) is 0 Å². The van der Waals surface area contributed by atoms with Gasteiger partial charge >= 0.3 is 0 Å². The molecule has 0 aliphatic carbocycles. The van der Waals surface area contributed by atoms with Crippen LogP contribution in [-0.4, -0.2) is 64.6 Å². The van der Waals surface area contributed by atoms with Gasteiger partial charge in [0, 0.05) is 38.4 Å². The highest BCUT2D eigenvalue weighted by molar-refractivity contribution is 8.01. The standard InChI is InChI=1S/C18H25N5O2S2/c1-13(2)11-19-17-20-21-18(27-17)26-12-16(25)23-9-7-22(8-10-23)14-3-5-15(24)6-4-14/h3-6,13,24H,7-12H2,1-2H3,(H,19,20). The van der Waals surface area contributed by atoms with Gasteiger partial charge < -0.3 is 20.2 Å². The van der Waals surface area contributed by atoms with Crippen LogP contribution in [0.2, 0.25) is 0 Å². The fraction of sp³-hybridized carbons (Fsp3) is 0.500. The van der Waals surface area contributed by atoms with Gasteiger partial charge in [-0.1, -0.05) is 36.9 Å². The lowest BCUT2D eigenvalue weighted by molar-refractivity contribution is -0.128. The molecule has 0 unspecified atom stereocenters. The topological polar surface area (TPSA) is 81.6 Å². The third-order valence-electron chi connectivity index (χ3n) is 4.23. The number of anilines is 2. The molecule has 2 N–H and O–H groups in total. The average molecular weight is 408 g/mol. The molecule has 1 aliphatic rings. The summed E-state index contributed by atoms with van der Waals surface area (Å²) in [6.07, 6.45) is 0. The van der Waals surface area contributed by atoms with Crippen molar-refractivity contribution in [2.75, 3.05) is 48.7 Å². The molecule has 3 rings (SSSR count). The van der Waals surface area contributed by atoms with Crippen LogP contribution in [0, 0.1) is 5.92 Å². The van der Waals surface area contributed by atoms with E-state index in [1.54, 1.807) is 12.1 Å². The molecule has 146 valence electrons. The van der Waals surface area contributed by atoms with Crippen LogP contribution in [0.3, 0.4) is 0 Å². The van der Waals surface area contributed by atoms with Crippen LogP contribution in [0.1, 0.15) is 13.8 Å². The third kappa shape index (κ3) is 5.74. The first-order valence-corrected chi connectivity index (χ1v) is 10.8. The molecule has 0 bridgehead atoms. The number of carbonyl (C=O) groups excluding carboxylic acids is 1. The van der Waals surface area contributed by atoms with Crippen molar-refractivity contribution in [3.05, 3.63) is 24.3 Å². The van der Waals surface area contributed by atoms with Gasteiger partial charge in [-0.25, -0.2) is 0 Å². The first-order valence-electron chi connectivity index (χ1n) is 9.03. The summed E-state index contributed by atoms with van der Waals surface area (Å²) >= 11 is 2.94. The summed E-state index contributed by atoms with van der Waals surface area (Å²) in [5, 5.41) is 21.7. The molecule has 0 spiro atoms. The molecule has 2 aromatic rings. The largest absolute Gasteiger partial charge is 0.508 e. The molecule has 27 heavy (non-hydrogen) atoms. The Morgan fingerprint density at radius 1 is 1.22 bits per heavy atom. The molecule has 7 nitrogen and oxygen atoms in total. The summed E-state index contributed by atoms with van der Waals surface area (Å²) in [6.45, 7) is 8.15. The zero-order valence-electron chi connectivity index (χ0n) is 15.6. The minimum absolute atomic E-state index is 0.136. The number of thioether (sulfide) groups is 1. The second-order valence-electron chi connectivity index (χ2n) is 6.82. The smallest absolute Gasteiger partial charge is 0.233 e. The number of rotatable bonds is 7. The number of piperazine rings is 1. The van der Waals surface area contributed by atoms with Crippen molar-refractivity contribution < 1.29 is 9.90 Å². The molecule has 1 fully saturated rings. The van der Waals surface area contributed by atoms with E-state index in [4.69, 9.17) is 0 Å². The average Bonchev–Trinajstić information content (AvgIpc) is 3.13. The van der Waals surface area contributed by atoms with E-state index < -0.39 is 0 Å². The highest BCUT2D eigenvalue weighted by Gasteiger charge is 2.21. The van der Waals surface area contributed by atoms with E-state index in [0.717, 1.165) is 34.8 Å². The molecular weight excluding hydrogens is 382 g/mol. The second kappa shape index (κ2) is 9.27. The van der Waals surface area contributed by atoms with Gasteiger partial charge in [0.2, 0.25) is 11.0 Å². The zero-order chi connectivity index (χ0) is 19.2. The maximum atomic E-state index is 12.5. The molecule has 0 atom stereocenters. The minimum atomic E-state index is 0.136. The Labute approximate surface area is 167 Å². The second-order valence-corrected chi connectivity index (χ2v) is 9.02. The van der Waals surface area contributed by atoms with E-state index in [1.165, 1.54) is 23.1 Å². The van der Waals surface area contributed by atoms with Crippen LogP contribution < -0.4 is 10.2 Å². The number of hydrogen-bond donors (Lipinski definition) is 2. The van der Waals surface area contributed by atoms with Crippen LogP contribution in [0.15, 0.2) is 28.6 Å². The molecule has 1 amide bonds. The summed E-state index contributed by atoms with van der Waals surface area (Å²) in [5.41, 5.74) is 1.07. The van der Waals surface area contributed by atoms with E-state index in [1.807, 2.05) is 17.0 Å². The van der Waals surface area contributed by atoms with Crippen LogP contribution in [0.25, 0.3) is 0 Å². The van der Waals surface area contributed by atoms with E-state index in [2.05, 4.69) is 34.3 Å². The van der Waals surface area contributed by atoms with Crippen molar-refractivity contribution in [3.63, 3.8) is 0 Å². The van der Waals surface area contributed by atoms with Crippen molar-refractivity contribution >= 4 is 39.8 Å². The van der Waals surface area contributed by atoms with Gasteiger partial charge in [-0.3, -0.25) is 4.79 Å². The Kier molecular flexibility index (Phi) is 6.78. The molecule has 9 heteroatoms. The van der Waals surface area contributed by atoms with E-state index in [-0.39, 0.29) is 11.7 Å². The maximum Gasteiger partial charge on any atom is 0.233 e. The highest BCUT2D eigenvalue weighted by Crippen LogP contribution is 2.26. The van der Waals surface area contributed by atoms with E-state index >= 15 is 0 Å². The number of nitrogens with one attached hydrogen (secondary N) is 1. The number of aromatic nitrogens is 2. The van der Waals surface area contributed by atoms with Gasteiger partial charge in [0.05, 0.1) is 5.75 Å². The molecule has 1 aliphatic heterocycles. The number of carbonyl (C=O) groups is 1. The maximum absolute atomic E-state index is 12.5. The molecule has 1 saturated heterocycles. The van der Waals surface area contributed by atoms with Gasteiger partial charge in [0.1, 0.15) is 5.75 Å². The monoisotopic (exact) mass is 407 g/mol. The zero-order valence-corrected chi connectivity index (χ0v) is 17.2. The van der Waals surface area contributed by atoms with Crippen molar-refractivity contribution in [2.24, 2.45) is 5.92 Å². The number of amides is 1. The summed E-state index contributed by atoms with van der Waals surface area (Å²) in [7, 11) is 0. The third-order valence-corrected chi connectivity index (χ3v) is 6.23. The highest BCUT2D eigenvalue weighted by atomic mass is 32.2. The Hall–Kier alpha value is -2.00.